The van der Waals surface area contributed by atoms with E-state index in [1.807, 2.05) is 0 Å². The summed E-state index contributed by atoms with van der Waals surface area (Å²) >= 11 is 3.05. The fourth-order valence-electron chi connectivity index (χ4n) is 1.21. The minimum atomic E-state index is -2.98. The number of ether oxygens (including phenoxy) is 2. The Kier molecular flexibility index (Phi) is 5.08. The second-order valence-corrected chi connectivity index (χ2v) is 3.94. The second-order valence-electron chi connectivity index (χ2n) is 3.08. The van der Waals surface area contributed by atoms with E-state index in [2.05, 4.69) is 20.7 Å². The number of halogens is 3. The van der Waals surface area contributed by atoms with Gasteiger partial charge in [-0.1, -0.05) is 0 Å². The van der Waals surface area contributed by atoms with Crippen LogP contribution in [-0.2, 0) is 4.79 Å². The van der Waals surface area contributed by atoms with Crippen molar-refractivity contribution in [2.45, 2.75) is 6.61 Å². The van der Waals surface area contributed by atoms with Crippen LogP contribution in [0.5, 0.6) is 11.5 Å². The predicted molar refractivity (Wildman–Crippen MR) is 64.0 cm³/mol. The quantitative estimate of drug-likeness (QED) is 0.846. The minimum absolute atomic E-state index is 0.0784. The van der Waals surface area contributed by atoms with Gasteiger partial charge in [0.2, 0.25) is 0 Å². The molecule has 0 bridgehead atoms. The molecule has 0 fully saturated rings. The smallest absolute Gasteiger partial charge is 0.387 e. The first-order chi connectivity index (χ1) is 8.43. The van der Waals surface area contributed by atoms with Crippen molar-refractivity contribution in [1.82, 2.24) is 0 Å². The average Bonchev–Trinajstić information content (AvgIpc) is 2.28. The molecule has 0 saturated carbocycles. The van der Waals surface area contributed by atoms with Crippen LogP contribution >= 0.6 is 15.9 Å². The lowest BCUT2D eigenvalue weighted by molar-refractivity contribution is -0.131. The molecule has 1 N–H and O–H groups in total. The number of carboxylic acids is 1. The zero-order valence-corrected chi connectivity index (χ0v) is 10.8. The third-order valence-electron chi connectivity index (χ3n) is 1.88. The van der Waals surface area contributed by atoms with Crippen LogP contribution in [0.3, 0.4) is 0 Å². The van der Waals surface area contributed by atoms with Gasteiger partial charge in [-0.15, -0.1) is 0 Å². The molecule has 0 spiro atoms. The Balaban J connectivity index is 3.14. The SMILES string of the molecule is COc1cc(/C=C/C(=O)O)cc(Br)c1OC(F)F. The highest BCUT2D eigenvalue weighted by Gasteiger charge is 2.15. The molecular formula is C11H9BrF2O4. The Morgan fingerprint density at radius 1 is 1.50 bits per heavy atom. The van der Waals surface area contributed by atoms with Crippen molar-refractivity contribution in [3.05, 3.63) is 28.2 Å². The maximum Gasteiger partial charge on any atom is 0.387 e. The summed E-state index contributed by atoms with van der Waals surface area (Å²) in [6, 6.07) is 2.83. The normalized spacial score (nSPS) is 10.9. The van der Waals surface area contributed by atoms with Gasteiger partial charge in [0.25, 0.3) is 0 Å². The number of hydrogen-bond acceptors (Lipinski definition) is 3. The lowest BCUT2D eigenvalue weighted by atomic mass is 10.2. The number of carboxylic acid groups (broad SMARTS) is 1. The molecule has 0 aliphatic rings. The van der Waals surface area contributed by atoms with E-state index in [0.717, 1.165) is 6.08 Å². The Hall–Kier alpha value is -1.63. The molecule has 0 aliphatic heterocycles. The van der Waals surface area contributed by atoms with Crippen LogP contribution in [-0.4, -0.2) is 24.8 Å². The van der Waals surface area contributed by atoms with Gasteiger partial charge >= 0.3 is 12.6 Å². The monoisotopic (exact) mass is 322 g/mol. The minimum Gasteiger partial charge on any atom is -0.493 e. The number of methoxy groups -OCH3 is 1. The molecule has 98 valence electrons. The third kappa shape index (κ3) is 3.99. The zero-order chi connectivity index (χ0) is 13.7. The first-order valence-corrected chi connectivity index (χ1v) is 5.46. The molecule has 0 unspecified atom stereocenters. The van der Waals surface area contributed by atoms with Gasteiger partial charge in [0.15, 0.2) is 11.5 Å². The number of carbonyl (C=O) groups is 1. The molecule has 0 aliphatic carbocycles. The molecule has 0 radical (unpaired) electrons. The Morgan fingerprint density at radius 2 is 2.17 bits per heavy atom. The van der Waals surface area contributed by atoms with E-state index in [1.54, 1.807) is 0 Å². The van der Waals surface area contributed by atoms with Crippen molar-refractivity contribution in [2.75, 3.05) is 7.11 Å². The highest BCUT2D eigenvalue weighted by molar-refractivity contribution is 9.10. The fraction of sp³-hybridized carbons (Fsp3) is 0.182. The summed E-state index contributed by atoms with van der Waals surface area (Å²) in [5.74, 6) is -1.17. The number of hydrogen-bond donors (Lipinski definition) is 1. The summed E-state index contributed by atoms with van der Waals surface area (Å²) in [4.78, 5) is 10.4. The van der Waals surface area contributed by atoms with Gasteiger partial charge in [0.05, 0.1) is 11.6 Å². The van der Waals surface area contributed by atoms with E-state index in [1.165, 1.54) is 25.3 Å². The molecule has 0 aromatic heterocycles. The number of rotatable bonds is 5. The molecule has 0 atom stereocenters. The summed E-state index contributed by atoms with van der Waals surface area (Å²) in [5, 5.41) is 8.49. The number of alkyl halides is 2. The second kappa shape index (κ2) is 6.34. The molecule has 0 amide bonds. The lowest BCUT2D eigenvalue weighted by Gasteiger charge is -2.12. The maximum atomic E-state index is 12.2. The van der Waals surface area contributed by atoms with Crippen LogP contribution in [0.2, 0.25) is 0 Å². The molecule has 1 rings (SSSR count). The van der Waals surface area contributed by atoms with E-state index in [-0.39, 0.29) is 16.0 Å². The zero-order valence-electron chi connectivity index (χ0n) is 9.19. The van der Waals surface area contributed by atoms with Crippen molar-refractivity contribution in [3.63, 3.8) is 0 Å². The van der Waals surface area contributed by atoms with E-state index in [4.69, 9.17) is 9.84 Å². The van der Waals surface area contributed by atoms with Crippen LogP contribution < -0.4 is 9.47 Å². The van der Waals surface area contributed by atoms with Gasteiger partial charge in [-0.05, 0) is 39.7 Å². The molecule has 7 heteroatoms. The Morgan fingerprint density at radius 3 is 2.67 bits per heavy atom. The van der Waals surface area contributed by atoms with E-state index in [9.17, 15) is 13.6 Å². The maximum absolute atomic E-state index is 12.2. The topological polar surface area (TPSA) is 55.8 Å². The molecule has 0 heterocycles. The highest BCUT2D eigenvalue weighted by Crippen LogP contribution is 2.37. The van der Waals surface area contributed by atoms with Gasteiger partial charge in [0.1, 0.15) is 0 Å². The molecule has 18 heavy (non-hydrogen) atoms. The lowest BCUT2D eigenvalue weighted by Crippen LogP contribution is -2.04. The van der Waals surface area contributed by atoms with Crippen molar-refractivity contribution >= 4 is 28.0 Å². The third-order valence-corrected chi connectivity index (χ3v) is 2.47. The van der Waals surface area contributed by atoms with Gasteiger partial charge in [-0.25, -0.2) is 4.79 Å². The number of aliphatic carboxylic acids is 1. The summed E-state index contributed by atoms with van der Waals surface area (Å²) in [6.45, 7) is -2.98. The highest BCUT2D eigenvalue weighted by atomic mass is 79.9. The average molecular weight is 323 g/mol. The molecule has 4 nitrogen and oxygen atoms in total. The summed E-state index contributed by atoms with van der Waals surface area (Å²) < 4.78 is 33.8. The largest absolute Gasteiger partial charge is 0.493 e. The molecule has 1 aromatic rings. The summed E-state index contributed by atoms with van der Waals surface area (Å²) in [7, 11) is 1.30. The van der Waals surface area contributed by atoms with Crippen LogP contribution in [0.4, 0.5) is 8.78 Å². The van der Waals surface area contributed by atoms with Crippen LogP contribution in [0.1, 0.15) is 5.56 Å². The fourth-order valence-corrected chi connectivity index (χ4v) is 1.76. The van der Waals surface area contributed by atoms with Crippen LogP contribution in [0.15, 0.2) is 22.7 Å². The Bertz CT molecular complexity index is 474. The summed E-state index contributed by atoms with van der Waals surface area (Å²) in [6.07, 6.45) is 2.23. The van der Waals surface area contributed by atoms with Gasteiger partial charge in [-0.2, -0.15) is 8.78 Å². The van der Waals surface area contributed by atoms with E-state index in [0.29, 0.717) is 5.56 Å². The summed E-state index contributed by atoms with van der Waals surface area (Å²) in [5.41, 5.74) is 0.475. The van der Waals surface area contributed by atoms with Gasteiger partial charge in [0, 0.05) is 6.08 Å². The Labute approximate surface area is 110 Å². The van der Waals surface area contributed by atoms with Crippen molar-refractivity contribution < 1.29 is 28.2 Å². The molecule has 0 saturated heterocycles. The van der Waals surface area contributed by atoms with Crippen LogP contribution in [0.25, 0.3) is 6.08 Å². The molecule has 1 aromatic carbocycles. The molecular weight excluding hydrogens is 314 g/mol. The number of benzene rings is 1. The first kappa shape index (κ1) is 14.4. The standard InChI is InChI=1S/C11H9BrF2O4/c1-17-8-5-6(2-3-9(15)16)4-7(12)10(8)18-11(13)14/h2-5,11H,1H3,(H,15,16)/b3-2+. The van der Waals surface area contributed by atoms with E-state index >= 15 is 0 Å². The van der Waals surface area contributed by atoms with Gasteiger partial charge < -0.3 is 14.6 Å². The van der Waals surface area contributed by atoms with Crippen molar-refractivity contribution in [2.24, 2.45) is 0 Å². The van der Waals surface area contributed by atoms with Gasteiger partial charge in [-0.3, -0.25) is 0 Å². The van der Waals surface area contributed by atoms with Crippen LogP contribution in [0, 0.1) is 0 Å². The van der Waals surface area contributed by atoms with Crippen molar-refractivity contribution in [3.8, 4) is 11.5 Å². The first-order valence-electron chi connectivity index (χ1n) is 4.67. The van der Waals surface area contributed by atoms with E-state index < -0.39 is 12.6 Å². The predicted octanol–water partition coefficient (Wildman–Crippen LogP) is 3.16. The van der Waals surface area contributed by atoms with Crippen molar-refractivity contribution in [1.29, 1.82) is 0 Å².